The molecule has 0 aliphatic heterocycles. The van der Waals surface area contributed by atoms with Gasteiger partial charge in [0.2, 0.25) is 5.88 Å². The van der Waals surface area contributed by atoms with E-state index in [1.807, 2.05) is 19.1 Å². The van der Waals surface area contributed by atoms with Gasteiger partial charge >= 0.3 is 0 Å². The molecule has 0 unspecified atom stereocenters. The number of aromatic nitrogens is 2. The lowest BCUT2D eigenvalue weighted by Gasteiger charge is -2.07. The van der Waals surface area contributed by atoms with Gasteiger partial charge in [-0.05, 0) is 24.6 Å². The monoisotopic (exact) mass is 279 g/mol. The molecule has 6 heteroatoms. The molecular formula is C12H10ClN3OS. The second kappa shape index (κ2) is 5.29. The van der Waals surface area contributed by atoms with Gasteiger partial charge in [0.05, 0.1) is 17.4 Å². The van der Waals surface area contributed by atoms with Crippen LogP contribution in [0.15, 0.2) is 30.6 Å². The zero-order valence-corrected chi connectivity index (χ0v) is 11.1. The lowest BCUT2D eigenvalue weighted by molar-refractivity contribution is 0.460. The van der Waals surface area contributed by atoms with Crippen LogP contribution in [0.4, 0.5) is 0 Å². The van der Waals surface area contributed by atoms with E-state index >= 15 is 0 Å². The van der Waals surface area contributed by atoms with Crippen molar-refractivity contribution in [1.82, 2.24) is 9.97 Å². The van der Waals surface area contributed by atoms with Crippen molar-refractivity contribution in [2.45, 2.75) is 6.92 Å². The number of nitrogens with zero attached hydrogens (tertiary/aromatic N) is 2. The summed E-state index contributed by atoms with van der Waals surface area (Å²) in [4.78, 5) is 8.28. The van der Waals surface area contributed by atoms with Crippen molar-refractivity contribution in [2.24, 2.45) is 5.73 Å². The molecule has 0 aliphatic carbocycles. The SMILES string of the molecule is Cc1ccc(Cl)c(Oc2cnc(C(N)=S)cn2)c1. The summed E-state index contributed by atoms with van der Waals surface area (Å²) in [7, 11) is 0. The minimum atomic E-state index is 0.197. The molecule has 0 aliphatic rings. The van der Waals surface area contributed by atoms with E-state index in [2.05, 4.69) is 9.97 Å². The third-order valence-electron chi connectivity index (χ3n) is 2.18. The topological polar surface area (TPSA) is 61.0 Å². The summed E-state index contributed by atoms with van der Waals surface area (Å²) in [5.41, 5.74) is 6.92. The molecule has 1 aromatic heterocycles. The molecule has 0 radical (unpaired) electrons. The number of rotatable bonds is 3. The summed E-state index contributed by atoms with van der Waals surface area (Å²) in [5, 5.41) is 0.515. The van der Waals surface area contributed by atoms with Crippen molar-refractivity contribution >= 4 is 28.8 Å². The van der Waals surface area contributed by atoms with Crippen molar-refractivity contribution in [3.05, 3.63) is 46.9 Å². The Morgan fingerprint density at radius 2 is 2.11 bits per heavy atom. The van der Waals surface area contributed by atoms with Crippen LogP contribution in [0, 0.1) is 6.92 Å². The van der Waals surface area contributed by atoms with Crippen molar-refractivity contribution < 1.29 is 4.74 Å². The highest BCUT2D eigenvalue weighted by molar-refractivity contribution is 7.80. The fourth-order valence-corrected chi connectivity index (χ4v) is 1.56. The highest BCUT2D eigenvalue weighted by Crippen LogP contribution is 2.28. The maximum atomic E-state index is 6.01. The van der Waals surface area contributed by atoms with Gasteiger partial charge in [0.15, 0.2) is 0 Å². The molecule has 18 heavy (non-hydrogen) atoms. The Balaban J connectivity index is 2.23. The molecule has 0 fully saturated rings. The molecule has 0 atom stereocenters. The maximum Gasteiger partial charge on any atom is 0.237 e. The molecule has 0 saturated heterocycles. The van der Waals surface area contributed by atoms with E-state index in [1.54, 1.807) is 6.07 Å². The van der Waals surface area contributed by atoms with E-state index in [4.69, 9.17) is 34.3 Å². The Bertz CT molecular complexity index is 586. The van der Waals surface area contributed by atoms with Gasteiger partial charge in [-0.2, -0.15) is 0 Å². The van der Waals surface area contributed by atoms with E-state index in [1.165, 1.54) is 12.4 Å². The molecule has 1 aromatic carbocycles. The van der Waals surface area contributed by atoms with Gasteiger partial charge in [0.25, 0.3) is 0 Å². The van der Waals surface area contributed by atoms with E-state index < -0.39 is 0 Å². The van der Waals surface area contributed by atoms with Gasteiger partial charge in [-0.1, -0.05) is 29.9 Å². The average Bonchev–Trinajstić information content (AvgIpc) is 2.34. The predicted molar refractivity (Wildman–Crippen MR) is 74.2 cm³/mol. The summed E-state index contributed by atoms with van der Waals surface area (Å²) in [6.07, 6.45) is 2.91. The van der Waals surface area contributed by atoms with E-state index in [9.17, 15) is 0 Å². The van der Waals surface area contributed by atoms with Crippen molar-refractivity contribution in [1.29, 1.82) is 0 Å². The van der Waals surface area contributed by atoms with Gasteiger partial charge in [0.1, 0.15) is 16.4 Å². The number of hydrogen-bond acceptors (Lipinski definition) is 4. The third kappa shape index (κ3) is 2.94. The Hall–Kier alpha value is -1.72. The highest BCUT2D eigenvalue weighted by atomic mass is 35.5. The van der Waals surface area contributed by atoms with Crippen molar-refractivity contribution in [3.63, 3.8) is 0 Å². The number of nitrogens with two attached hydrogens (primary N) is 1. The number of benzene rings is 1. The lowest BCUT2D eigenvalue weighted by atomic mass is 10.2. The summed E-state index contributed by atoms with van der Waals surface area (Å²) in [6.45, 7) is 1.95. The zero-order valence-electron chi connectivity index (χ0n) is 9.55. The molecule has 2 aromatic rings. The quantitative estimate of drug-likeness (QED) is 0.876. The summed E-state index contributed by atoms with van der Waals surface area (Å²) >= 11 is 10.8. The van der Waals surface area contributed by atoms with Gasteiger partial charge in [-0.15, -0.1) is 0 Å². The molecule has 2 rings (SSSR count). The molecule has 1 heterocycles. The van der Waals surface area contributed by atoms with Crippen LogP contribution >= 0.6 is 23.8 Å². The van der Waals surface area contributed by atoms with E-state index in [0.29, 0.717) is 22.3 Å². The number of ether oxygens (including phenoxy) is 1. The van der Waals surface area contributed by atoms with Gasteiger partial charge in [0, 0.05) is 0 Å². The van der Waals surface area contributed by atoms with Crippen LogP contribution in [0.5, 0.6) is 11.6 Å². The minimum Gasteiger partial charge on any atom is -0.436 e. The second-order valence-corrected chi connectivity index (χ2v) is 4.49. The minimum absolute atomic E-state index is 0.197. The largest absolute Gasteiger partial charge is 0.436 e. The molecule has 92 valence electrons. The van der Waals surface area contributed by atoms with Gasteiger partial charge < -0.3 is 10.5 Å². The van der Waals surface area contributed by atoms with Crippen molar-refractivity contribution in [2.75, 3.05) is 0 Å². The molecule has 0 amide bonds. The number of aryl methyl sites for hydroxylation is 1. The van der Waals surface area contributed by atoms with Crippen molar-refractivity contribution in [3.8, 4) is 11.6 Å². The average molecular weight is 280 g/mol. The Morgan fingerprint density at radius 1 is 1.33 bits per heavy atom. The predicted octanol–water partition coefficient (Wildman–Crippen LogP) is 2.86. The van der Waals surface area contributed by atoms with E-state index in [0.717, 1.165) is 5.56 Å². The van der Waals surface area contributed by atoms with Crippen LogP contribution < -0.4 is 10.5 Å². The first-order chi connectivity index (χ1) is 8.56. The Morgan fingerprint density at radius 3 is 2.72 bits per heavy atom. The first-order valence-corrected chi connectivity index (χ1v) is 5.91. The number of thiocarbonyl (C=S) groups is 1. The summed E-state index contributed by atoms with van der Waals surface area (Å²) in [6, 6.07) is 5.49. The van der Waals surface area contributed by atoms with Gasteiger partial charge in [-0.25, -0.2) is 9.97 Å². The first kappa shape index (κ1) is 12.7. The number of halogens is 1. The van der Waals surface area contributed by atoms with Gasteiger partial charge in [-0.3, -0.25) is 0 Å². The van der Waals surface area contributed by atoms with Crippen LogP contribution in [-0.2, 0) is 0 Å². The smallest absolute Gasteiger partial charge is 0.237 e. The second-order valence-electron chi connectivity index (χ2n) is 3.64. The molecule has 2 N–H and O–H groups in total. The summed E-state index contributed by atoms with van der Waals surface area (Å²) < 4.78 is 5.54. The fourth-order valence-electron chi connectivity index (χ4n) is 1.30. The lowest BCUT2D eigenvalue weighted by Crippen LogP contribution is -2.11. The highest BCUT2D eigenvalue weighted by Gasteiger charge is 2.06. The van der Waals surface area contributed by atoms with E-state index in [-0.39, 0.29) is 4.99 Å². The Kier molecular flexibility index (Phi) is 3.74. The zero-order chi connectivity index (χ0) is 13.1. The third-order valence-corrected chi connectivity index (χ3v) is 2.70. The van der Waals surface area contributed by atoms with Crippen LogP contribution in [0.1, 0.15) is 11.3 Å². The normalized spacial score (nSPS) is 10.1. The number of hydrogen-bond donors (Lipinski definition) is 1. The van der Waals surface area contributed by atoms with Crippen LogP contribution in [0.2, 0.25) is 5.02 Å². The Labute approximate surface area is 115 Å². The molecular weight excluding hydrogens is 270 g/mol. The first-order valence-electron chi connectivity index (χ1n) is 5.12. The summed E-state index contributed by atoms with van der Waals surface area (Å²) in [5.74, 6) is 0.872. The maximum absolute atomic E-state index is 6.01. The molecule has 0 spiro atoms. The molecule has 0 saturated carbocycles. The van der Waals surface area contributed by atoms with Crippen LogP contribution in [0.3, 0.4) is 0 Å². The molecule has 0 bridgehead atoms. The standard InChI is InChI=1S/C12H10ClN3OS/c1-7-2-3-8(13)10(4-7)17-11-6-15-9(5-16-11)12(14)18/h2-6H,1H3,(H2,14,18). The van der Waals surface area contributed by atoms with Crippen LogP contribution in [-0.4, -0.2) is 15.0 Å². The fraction of sp³-hybridized carbons (Fsp3) is 0.0833. The van der Waals surface area contributed by atoms with Crippen LogP contribution in [0.25, 0.3) is 0 Å². The molecule has 4 nitrogen and oxygen atoms in total.